The van der Waals surface area contributed by atoms with E-state index in [1.165, 1.54) is 0 Å². The summed E-state index contributed by atoms with van der Waals surface area (Å²) in [5.74, 6) is 0.927. The Labute approximate surface area is 91.3 Å². The summed E-state index contributed by atoms with van der Waals surface area (Å²) in [5, 5.41) is 2.15. The second-order valence-corrected chi connectivity index (χ2v) is 3.98. The molecular weight excluding hydrogens is 248 g/mol. The molecule has 1 N–H and O–H groups in total. The van der Waals surface area contributed by atoms with Crippen LogP contribution in [-0.2, 0) is 11.3 Å². The Bertz CT molecular complexity index is 284. The Morgan fingerprint density at radius 2 is 2.21 bits per heavy atom. The van der Waals surface area contributed by atoms with E-state index in [2.05, 4.69) is 26.4 Å². The summed E-state index contributed by atoms with van der Waals surface area (Å²) in [6.07, 6.45) is 1.68. The van der Waals surface area contributed by atoms with Crippen LogP contribution in [0.15, 0.2) is 21.2 Å². The molecule has 0 bridgehead atoms. The Balaban J connectivity index is 1.79. The van der Waals surface area contributed by atoms with Gasteiger partial charge in [-0.15, -0.1) is 0 Å². The predicted molar refractivity (Wildman–Crippen MR) is 55.6 cm³/mol. The van der Waals surface area contributed by atoms with Gasteiger partial charge < -0.3 is 9.15 Å². The van der Waals surface area contributed by atoms with Gasteiger partial charge in [0.1, 0.15) is 5.76 Å². The minimum absolute atomic E-state index is 0.716. The van der Waals surface area contributed by atoms with Gasteiger partial charge in [-0.05, 0) is 22.0 Å². The lowest BCUT2D eigenvalue weighted by atomic mass is 10.4. The summed E-state index contributed by atoms with van der Waals surface area (Å²) in [4.78, 5) is 0. The maximum absolute atomic E-state index is 5.29. The van der Waals surface area contributed by atoms with Crippen LogP contribution in [0.5, 0.6) is 0 Å². The molecule has 0 unspecified atom stereocenters. The molecule has 0 aliphatic carbocycles. The zero-order chi connectivity index (χ0) is 9.80. The molecule has 1 aromatic rings. The minimum atomic E-state index is 0.716. The Hall–Kier alpha value is -0.360. The van der Waals surface area contributed by atoms with Crippen molar-refractivity contribution in [2.24, 2.45) is 0 Å². The van der Waals surface area contributed by atoms with Crippen LogP contribution in [-0.4, -0.2) is 31.3 Å². The van der Waals surface area contributed by atoms with E-state index in [4.69, 9.17) is 9.15 Å². The number of nitrogens with zero attached hydrogens (tertiary/aromatic N) is 1. The molecule has 0 radical (unpaired) electrons. The van der Waals surface area contributed by atoms with Gasteiger partial charge >= 0.3 is 0 Å². The molecule has 78 valence electrons. The maximum Gasteiger partial charge on any atom is 0.133 e. The second-order valence-electron chi connectivity index (χ2n) is 3.13. The molecule has 14 heavy (non-hydrogen) atoms. The number of furan rings is 1. The SMILES string of the molecule is Brc1ccoc1CNN1CCOCC1. The Morgan fingerprint density at radius 1 is 1.43 bits per heavy atom. The Morgan fingerprint density at radius 3 is 2.86 bits per heavy atom. The normalized spacial score (nSPS) is 18.6. The van der Waals surface area contributed by atoms with Crippen molar-refractivity contribution in [1.29, 1.82) is 0 Å². The van der Waals surface area contributed by atoms with Crippen LogP contribution in [0.1, 0.15) is 5.76 Å². The third-order valence-electron chi connectivity index (χ3n) is 2.17. The average Bonchev–Trinajstić information content (AvgIpc) is 2.63. The van der Waals surface area contributed by atoms with E-state index >= 15 is 0 Å². The molecule has 0 spiro atoms. The smallest absolute Gasteiger partial charge is 0.133 e. The van der Waals surface area contributed by atoms with E-state index in [9.17, 15) is 0 Å². The molecule has 0 amide bonds. The number of hydrogen-bond donors (Lipinski definition) is 1. The summed E-state index contributed by atoms with van der Waals surface area (Å²) in [6.45, 7) is 4.17. The van der Waals surface area contributed by atoms with Gasteiger partial charge in [0, 0.05) is 13.1 Å². The zero-order valence-electron chi connectivity index (χ0n) is 7.83. The fraction of sp³-hybridized carbons (Fsp3) is 0.556. The molecule has 0 atom stereocenters. The molecule has 0 aromatic carbocycles. The molecular formula is C9H13BrN2O2. The molecule has 1 aromatic heterocycles. The van der Waals surface area contributed by atoms with E-state index in [0.29, 0.717) is 6.54 Å². The first-order valence-corrected chi connectivity index (χ1v) is 5.43. The highest BCUT2D eigenvalue weighted by Gasteiger charge is 2.10. The van der Waals surface area contributed by atoms with Crippen LogP contribution in [0.2, 0.25) is 0 Å². The number of halogens is 1. The number of nitrogens with one attached hydrogen (secondary N) is 1. The summed E-state index contributed by atoms with van der Waals surface area (Å²) < 4.78 is 11.5. The van der Waals surface area contributed by atoms with Crippen molar-refractivity contribution in [2.45, 2.75) is 6.54 Å². The van der Waals surface area contributed by atoms with Crippen molar-refractivity contribution >= 4 is 15.9 Å². The quantitative estimate of drug-likeness (QED) is 0.892. The highest BCUT2D eigenvalue weighted by Crippen LogP contribution is 2.17. The third-order valence-corrected chi connectivity index (χ3v) is 2.87. The first-order chi connectivity index (χ1) is 6.86. The van der Waals surface area contributed by atoms with Crippen molar-refractivity contribution in [3.63, 3.8) is 0 Å². The van der Waals surface area contributed by atoms with E-state index in [1.54, 1.807) is 6.26 Å². The standard InChI is InChI=1S/C9H13BrN2O2/c10-8-1-4-14-9(8)7-11-12-2-5-13-6-3-12/h1,4,11H,2-3,5-7H2. The molecule has 2 heterocycles. The predicted octanol–water partition coefficient (Wildman–Crippen LogP) is 1.38. The van der Waals surface area contributed by atoms with Crippen LogP contribution >= 0.6 is 15.9 Å². The first kappa shape index (κ1) is 10.2. The summed E-state index contributed by atoms with van der Waals surface area (Å²) >= 11 is 3.41. The van der Waals surface area contributed by atoms with Crippen molar-refractivity contribution in [3.05, 3.63) is 22.6 Å². The zero-order valence-corrected chi connectivity index (χ0v) is 9.42. The van der Waals surface area contributed by atoms with Gasteiger partial charge in [-0.2, -0.15) is 0 Å². The van der Waals surface area contributed by atoms with E-state index in [1.807, 2.05) is 6.07 Å². The first-order valence-electron chi connectivity index (χ1n) is 4.64. The lowest BCUT2D eigenvalue weighted by Crippen LogP contribution is -2.45. The van der Waals surface area contributed by atoms with Gasteiger partial charge in [-0.1, -0.05) is 0 Å². The number of ether oxygens (including phenoxy) is 1. The number of hydrazine groups is 1. The number of morpholine rings is 1. The Kier molecular flexibility index (Phi) is 3.58. The highest BCUT2D eigenvalue weighted by atomic mass is 79.9. The van der Waals surface area contributed by atoms with Crippen molar-refractivity contribution < 1.29 is 9.15 Å². The molecule has 0 saturated carbocycles. The van der Waals surface area contributed by atoms with Gasteiger partial charge in [0.05, 0.1) is 30.5 Å². The van der Waals surface area contributed by atoms with E-state index < -0.39 is 0 Å². The molecule has 4 nitrogen and oxygen atoms in total. The lowest BCUT2D eigenvalue weighted by Gasteiger charge is -2.26. The highest BCUT2D eigenvalue weighted by molar-refractivity contribution is 9.10. The van der Waals surface area contributed by atoms with Crippen molar-refractivity contribution in [3.8, 4) is 0 Å². The lowest BCUT2D eigenvalue weighted by molar-refractivity contribution is 0.00940. The van der Waals surface area contributed by atoms with Crippen LogP contribution in [0.25, 0.3) is 0 Å². The van der Waals surface area contributed by atoms with Gasteiger partial charge in [-0.3, -0.25) is 0 Å². The van der Waals surface area contributed by atoms with Crippen molar-refractivity contribution in [1.82, 2.24) is 10.4 Å². The maximum atomic E-state index is 5.29. The second kappa shape index (κ2) is 4.93. The van der Waals surface area contributed by atoms with Gasteiger partial charge in [-0.25, -0.2) is 10.4 Å². The van der Waals surface area contributed by atoms with Crippen LogP contribution in [0.3, 0.4) is 0 Å². The van der Waals surface area contributed by atoms with Crippen LogP contribution < -0.4 is 5.43 Å². The van der Waals surface area contributed by atoms with Crippen LogP contribution in [0, 0.1) is 0 Å². The number of hydrogen-bond acceptors (Lipinski definition) is 4. The van der Waals surface area contributed by atoms with Crippen molar-refractivity contribution in [2.75, 3.05) is 26.3 Å². The monoisotopic (exact) mass is 260 g/mol. The fourth-order valence-electron chi connectivity index (χ4n) is 1.36. The molecule has 1 aliphatic rings. The summed E-state index contributed by atoms with van der Waals surface area (Å²) in [6, 6.07) is 1.90. The van der Waals surface area contributed by atoms with Crippen LogP contribution in [0.4, 0.5) is 0 Å². The van der Waals surface area contributed by atoms with Gasteiger partial charge in [0.15, 0.2) is 0 Å². The number of rotatable bonds is 3. The molecule has 1 saturated heterocycles. The molecule has 5 heteroatoms. The van der Waals surface area contributed by atoms with E-state index in [-0.39, 0.29) is 0 Å². The largest absolute Gasteiger partial charge is 0.467 e. The third kappa shape index (κ3) is 2.57. The minimum Gasteiger partial charge on any atom is -0.467 e. The molecule has 1 aliphatic heterocycles. The average molecular weight is 261 g/mol. The molecule has 2 rings (SSSR count). The topological polar surface area (TPSA) is 37.6 Å². The van der Waals surface area contributed by atoms with E-state index in [0.717, 1.165) is 36.5 Å². The van der Waals surface area contributed by atoms with Gasteiger partial charge in [0.25, 0.3) is 0 Å². The van der Waals surface area contributed by atoms with Gasteiger partial charge in [0.2, 0.25) is 0 Å². The molecule has 1 fully saturated rings. The summed E-state index contributed by atoms with van der Waals surface area (Å²) in [5.41, 5.74) is 3.29. The summed E-state index contributed by atoms with van der Waals surface area (Å²) in [7, 11) is 0. The fourth-order valence-corrected chi connectivity index (χ4v) is 1.70.